The van der Waals surface area contributed by atoms with Crippen LogP contribution >= 0.6 is 11.8 Å². The van der Waals surface area contributed by atoms with Crippen LogP contribution in [0.1, 0.15) is 21.9 Å². The van der Waals surface area contributed by atoms with E-state index in [1.165, 1.54) is 24.3 Å². The first-order valence-electron chi connectivity index (χ1n) is 5.10. The van der Waals surface area contributed by atoms with Crippen molar-refractivity contribution in [2.24, 2.45) is 7.05 Å². The van der Waals surface area contributed by atoms with Crippen LogP contribution in [0, 0.1) is 6.92 Å². The van der Waals surface area contributed by atoms with Gasteiger partial charge in [0.25, 0.3) is 0 Å². The summed E-state index contributed by atoms with van der Waals surface area (Å²) in [6.45, 7) is 1.85. The van der Waals surface area contributed by atoms with E-state index in [4.69, 9.17) is 5.11 Å². The monoisotopic (exact) mass is 265 g/mol. The molecule has 0 saturated carbocycles. The molecule has 8 heteroatoms. The third-order valence-electron chi connectivity index (χ3n) is 2.42. The molecule has 0 aliphatic rings. The third kappa shape index (κ3) is 2.48. The highest BCUT2D eigenvalue weighted by atomic mass is 32.2. The van der Waals surface area contributed by atoms with Gasteiger partial charge in [0.15, 0.2) is 5.16 Å². The van der Waals surface area contributed by atoms with E-state index in [0.29, 0.717) is 11.4 Å². The molecule has 0 radical (unpaired) electrons. The number of carbonyl (C=O) groups is 1. The zero-order valence-electron chi connectivity index (χ0n) is 9.86. The summed E-state index contributed by atoms with van der Waals surface area (Å²) in [5.74, 6) is 0.190. The second-order valence-electron chi connectivity index (χ2n) is 3.57. The molecule has 0 atom stereocenters. The van der Waals surface area contributed by atoms with Gasteiger partial charge in [0.05, 0.1) is 5.69 Å². The predicted molar refractivity (Wildman–Crippen MR) is 64.3 cm³/mol. The number of carboxylic acids is 1. The van der Waals surface area contributed by atoms with E-state index >= 15 is 0 Å². The van der Waals surface area contributed by atoms with E-state index in [1.807, 2.05) is 18.5 Å². The number of rotatable bonds is 4. The number of hydrogen-bond donors (Lipinski definition) is 1. The van der Waals surface area contributed by atoms with E-state index < -0.39 is 5.97 Å². The Morgan fingerprint density at radius 3 is 2.89 bits per heavy atom. The lowest BCUT2D eigenvalue weighted by Gasteiger charge is -2.03. The molecule has 0 aliphatic carbocycles. The molecule has 94 valence electrons. The van der Waals surface area contributed by atoms with Gasteiger partial charge in [-0.25, -0.2) is 14.8 Å². The number of aryl methyl sites for hydroxylation is 1. The van der Waals surface area contributed by atoms with Gasteiger partial charge < -0.3 is 9.67 Å². The fourth-order valence-corrected chi connectivity index (χ4v) is 2.22. The first-order chi connectivity index (χ1) is 8.59. The van der Waals surface area contributed by atoms with Crippen LogP contribution in [0.4, 0.5) is 0 Å². The zero-order chi connectivity index (χ0) is 13.1. The summed E-state index contributed by atoms with van der Waals surface area (Å²) in [5, 5.41) is 17.6. The molecule has 0 fully saturated rings. The van der Waals surface area contributed by atoms with Crippen LogP contribution in [0.3, 0.4) is 0 Å². The van der Waals surface area contributed by atoms with E-state index in [1.54, 1.807) is 0 Å². The van der Waals surface area contributed by atoms with Gasteiger partial charge in [-0.1, -0.05) is 11.8 Å². The average Bonchev–Trinajstić information content (AvgIpc) is 2.68. The molecule has 2 aromatic heterocycles. The zero-order valence-corrected chi connectivity index (χ0v) is 10.7. The quantitative estimate of drug-likeness (QED) is 0.821. The summed E-state index contributed by atoms with van der Waals surface area (Å²) in [6.07, 6.45) is 2.64. The van der Waals surface area contributed by atoms with Crippen LogP contribution in [0.15, 0.2) is 17.7 Å². The Morgan fingerprint density at radius 1 is 1.50 bits per heavy atom. The molecule has 1 N–H and O–H groups in total. The summed E-state index contributed by atoms with van der Waals surface area (Å²) in [6, 6.07) is 0. The number of thioether (sulfide) groups is 1. The van der Waals surface area contributed by atoms with E-state index in [9.17, 15) is 4.79 Å². The SMILES string of the molecule is Cc1nnc(SCc2ncncc2C(=O)O)n1C. The first kappa shape index (κ1) is 12.5. The predicted octanol–water partition coefficient (Wildman–Crippen LogP) is 0.904. The average molecular weight is 265 g/mol. The van der Waals surface area contributed by atoms with Gasteiger partial charge >= 0.3 is 5.97 Å². The maximum atomic E-state index is 11.0. The molecule has 0 unspecified atom stereocenters. The summed E-state index contributed by atoms with van der Waals surface area (Å²) >= 11 is 1.39. The molecule has 18 heavy (non-hydrogen) atoms. The van der Waals surface area contributed by atoms with Gasteiger partial charge in [-0.15, -0.1) is 10.2 Å². The Balaban J connectivity index is 2.16. The molecule has 0 spiro atoms. The lowest BCUT2D eigenvalue weighted by molar-refractivity contribution is 0.0695. The lowest BCUT2D eigenvalue weighted by Crippen LogP contribution is -2.05. The van der Waals surface area contributed by atoms with E-state index in [0.717, 1.165) is 11.0 Å². The van der Waals surface area contributed by atoms with E-state index in [2.05, 4.69) is 20.2 Å². The van der Waals surface area contributed by atoms with Crippen LogP contribution in [-0.2, 0) is 12.8 Å². The summed E-state index contributed by atoms with van der Waals surface area (Å²) in [7, 11) is 1.86. The highest BCUT2D eigenvalue weighted by molar-refractivity contribution is 7.98. The second-order valence-corrected chi connectivity index (χ2v) is 4.51. The number of aromatic nitrogens is 5. The Morgan fingerprint density at radius 2 is 2.28 bits per heavy atom. The van der Waals surface area contributed by atoms with Gasteiger partial charge in [-0.3, -0.25) is 0 Å². The first-order valence-corrected chi connectivity index (χ1v) is 6.09. The molecule has 7 nitrogen and oxygen atoms in total. The van der Waals surface area contributed by atoms with Crippen LogP contribution in [0.5, 0.6) is 0 Å². The number of carboxylic acid groups (broad SMARTS) is 1. The topological polar surface area (TPSA) is 93.8 Å². The maximum Gasteiger partial charge on any atom is 0.339 e. The van der Waals surface area contributed by atoms with Gasteiger partial charge in [0, 0.05) is 19.0 Å². The normalized spacial score (nSPS) is 10.6. The molecule has 0 aliphatic heterocycles. The molecule has 2 aromatic rings. The maximum absolute atomic E-state index is 11.0. The Labute approximate surface area is 107 Å². The van der Waals surface area contributed by atoms with Crippen molar-refractivity contribution in [2.75, 3.05) is 0 Å². The van der Waals surface area contributed by atoms with E-state index in [-0.39, 0.29) is 5.56 Å². The van der Waals surface area contributed by atoms with Crippen LogP contribution < -0.4 is 0 Å². The molecule has 0 amide bonds. The minimum atomic E-state index is -1.03. The molecule has 0 saturated heterocycles. The van der Waals surface area contributed by atoms with Crippen molar-refractivity contribution in [3.63, 3.8) is 0 Å². The summed E-state index contributed by atoms with van der Waals surface area (Å²) < 4.78 is 1.84. The number of aromatic carboxylic acids is 1. The largest absolute Gasteiger partial charge is 0.478 e. The molecule has 2 rings (SSSR count). The minimum Gasteiger partial charge on any atom is -0.478 e. The minimum absolute atomic E-state index is 0.115. The van der Waals surface area contributed by atoms with Crippen molar-refractivity contribution < 1.29 is 9.90 Å². The van der Waals surface area contributed by atoms with Crippen molar-refractivity contribution in [1.82, 2.24) is 24.7 Å². The lowest BCUT2D eigenvalue weighted by atomic mass is 10.2. The standard InChI is InChI=1S/C10H11N5O2S/c1-6-13-14-10(15(6)2)18-4-8-7(9(16)17)3-11-5-12-8/h3,5H,4H2,1-2H3,(H,16,17). The van der Waals surface area contributed by atoms with Crippen LogP contribution in [0.2, 0.25) is 0 Å². The van der Waals surface area contributed by atoms with Gasteiger partial charge in [-0.2, -0.15) is 0 Å². The fraction of sp³-hybridized carbons (Fsp3) is 0.300. The number of hydrogen-bond acceptors (Lipinski definition) is 6. The number of nitrogens with zero attached hydrogens (tertiary/aromatic N) is 5. The van der Waals surface area contributed by atoms with Gasteiger partial charge in [0.1, 0.15) is 17.7 Å². The third-order valence-corrected chi connectivity index (χ3v) is 3.45. The second kappa shape index (κ2) is 5.13. The van der Waals surface area contributed by atoms with Crippen molar-refractivity contribution in [3.8, 4) is 0 Å². The molecular weight excluding hydrogens is 254 g/mol. The molecule has 2 heterocycles. The van der Waals surface area contributed by atoms with Crippen molar-refractivity contribution in [2.45, 2.75) is 17.8 Å². The Hall–Kier alpha value is -1.96. The molecule has 0 aromatic carbocycles. The van der Waals surface area contributed by atoms with Crippen molar-refractivity contribution in [1.29, 1.82) is 0 Å². The van der Waals surface area contributed by atoms with Crippen LogP contribution in [-0.4, -0.2) is 35.8 Å². The highest BCUT2D eigenvalue weighted by Gasteiger charge is 2.13. The van der Waals surface area contributed by atoms with Gasteiger partial charge in [0.2, 0.25) is 0 Å². The van der Waals surface area contributed by atoms with Gasteiger partial charge in [-0.05, 0) is 6.92 Å². The smallest absolute Gasteiger partial charge is 0.339 e. The molecule has 0 bridgehead atoms. The Bertz CT molecular complexity index is 583. The summed E-state index contributed by atoms with van der Waals surface area (Å²) in [5.41, 5.74) is 0.590. The highest BCUT2D eigenvalue weighted by Crippen LogP contribution is 2.21. The van der Waals surface area contributed by atoms with Crippen LogP contribution in [0.25, 0.3) is 0 Å². The molecular formula is C10H11N5O2S. The fourth-order valence-electron chi connectivity index (χ4n) is 1.29. The summed E-state index contributed by atoms with van der Waals surface area (Å²) in [4.78, 5) is 18.7. The Kier molecular flexibility index (Phi) is 3.56. The van der Waals surface area contributed by atoms with Crippen molar-refractivity contribution in [3.05, 3.63) is 29.6 Å². The van der Waals surface area contributed by atoms with Crippen molar-refractivity contribution >= 4 is 17.7 Å².